The van der Waals surface area contributed by atoms with Crippen LogP contribution in [-0.2, 0) is 9.59 Å². The van der Waals surface area contributed by atoms with Crippen molar-refractivity contribution in [3.8, 4) is 0 Å². The standard InChI is InChI=1S/C24H28ClFN4S.C4H4O4/c25-18-3-6-20-22(15-18)21(17-1-4-19(26)5-2-17)16-23(20)29-12-9-28(10-13-29)11-14-30-8-7-27-24(30)31;5-3(6)1-2-4(7)8/h1-6,15,21,23H,7-14,16H2,(H,27,31);1-2H,(H,5,6)(H,7,8)/b;2-1-. The van der Waals surface area contributed by atoms with Gasteiger partial charge in [0.15, 0.2) is 5.11 Å². The van der Waals surface area contributed by atoms with Crippen LogP contribution in [0.2, 0.25) is 5.02 Å². The number of rotatable bonds is 7. The largest absolute Gasteiger partial charge is 0.478 e. The number of aliphatic carboxylic acids is 2. The Morgan fingerprint density at radius 3 is 2.23 bits per heavy atom. The van der Waals surface area contributed by atoms with Crippen molar-refractivity contribution in [2.75, 3.05) is 52.4 Å². The van der Waals surface area contributed by atoms with Gasteiger partial charge in [-0.15, -0.1) is 0 Å². The minimum atomic E-state index is -1.26. The third kappa shape index (κ3) is 7.76. The van der Waals surface area contributed by atoms with Crippen LogP contribution in [0.3, 0.4) is 0 Å². The van der Waals surface area contributed by atoms with Crippen molar-refractivity contribution in [1.29, 1.82) is 0 Å². The quantitative estimate of drug-likeness (QED) is 0.339. The van der Waals surface area contributed by atoms with E-state index < -0.39 is 11.9 Å². The third-order valence-corrected chi connectivity index (χ3v) is 8.00. The summed E-state index contributed by atoms with van der Waals surface area (Å²) < 4.78 is 13.5. The molecule has 0 radical (unpaired) electrons. The molecule has 2 aromatic rings. The van der Waals surface area contributed by atoms with Crippen molar-refractivity contribution in [3.05, 3.63) is 82.1 Å². The Kier molecular flexibility index (Phi) is 9.90. The van der Waals surface area contributed by atoms with Crippen molar-refractivity contribution in [3.63, 3.8) is 0 Å². The van der Waals surface area contributed by atoms with Crippen molar-refractivity contribution in [2.24, 2.45) is 0 Å². The first-order valence-electron chi connectivity index (χ1n) is 12.9. The van der Waals surface area contributed by atoms with E-state index in [1.165, 1.54) is 16.7 Å². The summed E-state index contributed by atoms with van der Waals surface area (Å²) in [5.74, 6) is -2.44. The van der Waals surface area contributed by atoms with Crippen molar-refractivity contribution < 1.29 is 24.2 Å². The van der Waals surface area contributed by atoms with Gasteiger partial charge < -0.3 is 20.4 Å². The van der Waals surface area contributed by atoms with Gasteiger partial charge in [-0.2, -0.15) is 0 Å². The van der Waals surface area contributed by atoms with E-state index in [0.717, 1.165) is 68.9 Å². The first-order valence-corrected chi connectivity index (χ1v) is 13.7. The van der Waals surface area contributed by atoms with Crippen LogP contribution in [0.15, 0.2) is 54.6 Å². The molecule has 3 aliphatic rings. The first-order chi connectivity index (χ1) is 18.7. The molecule has 0 bridgehead atoms. The second-order valence-electron chi connectivity index (χ2n) is 9.74. The lowest BCUT2D eigenvalue weighted by molar-refractivity contribution is -0.134. The maximum Gasteiger partial charge on any atom is 0.328 e. The van der Waals surface area contributed by atoms with Gasteiger partial charge in [0.25, 0.3) is 0 Å². The Morgan fingerprint density at radius 2 is 1.64 bits per heavy atom. The molecular formula is C28H32ClFN4O4S. The molecule has 2 fully saturated rings. The molecule has 0 amide bonds. The Morgan fingerprint density at radius 1 is 0.974 bits per heavy atom. The number of carbonyl (C=O) groups is 2. The van der Waals surface area contributed by atoms with Gasteiger partial charge in [0.2, 0.25) is 0 Å². The molecule has 2 atom stereocenters. The van der Waals surface area contributed by atoms with Gasteiger partial charge >= 0.3 is 11.9 Å². The zero-order chi connectivity index (χ0) is 27.9. The number of piperazine rings is 1. The summed E-state index contributed by atoms with van der Waals surface area (Å²) in [5.41, 5.74) is 3.84. The van der Waals surface area contributed by atoms with Gasteiger partial charge in [-0.1, -0.05) is 29.8 Å². The Hall–Kier alpha value is -3.05. The lowest BCUT2D eigenvalue weighted by Crippen LogP contribution is -2.49. The summed E-state index contributed by atoms with van der Waals surface area (Å²) in [6, 6.07) is 13.7. The minimum absolute atomic E-state index is 0.189. The molecule has 2 unspecified atom stereocenters. The molecule has 1 aliphatic carbocycles. The maximum absolute atomic E-state index is 13.5. The van der Waals surface area contributed by atoms with Crippen molar-refractivity contribution in [2.45, 2.75) is 18.4 Å². The lowest BCUT2D eigenvalue weighted by Gasteiger charge is -2.39. The molecule has 2 heterocycles. The molecule has 0 spiro atoms. The molecule has 0 saturated carbocycles. The number of benzene rings is 2. The second kappa shape index (κ2) is 13.3. The molecule has 11 heteroatoms. The smallest absolute Gasteiger partial charge is 0.328 e. The molecule has 8 nitrogen and oxygen atoms in total. The molecule has 3 N–H and O–H groups in total. The summed E-state index contributed by atoms with van der Waals surface area (Å²) in [4.78, 5) is 26.5. The topological polar surface area (TPSA) is 96.4 Å². The SMILES string of the molecule is Fc1ccc(C2CC(N3CCN(CCN4CCNC4=S)CC3)c3ccc(Cl)cc32)cc1.O=C(O)/C=C\C(=O)O. The number of fused-ring (bicyclic) bond motifs is 1. The number of halogens is 2. The molecule has 5 rings (SSSR count). The zero-order valence-corrected chi connectivity index (χ0v) is 23.0. The highest BCUT2D eigenvalue weighted by molar-refractivity contribution is 7.80. The molecule has 208 valence electrons. The monoisotopic (exact) mass is 574 g/mol. The highest BCUT2D eigenvalue weighted by Crippen LogP contribution is 2.47. The summed E-state index contributed by atoms with van der Waals surface area (Å²) in [7, 11) is 0. The lowest BCUT2D eigenvalue weighted by atomic mass is 9.93. The van der Waals surface area contributed by atoms with Gasteiger partial charge in [-0.05, 0) is 59.6 Å². The van der Waals surface area contributed by atoms with E-state index in [2.05, 4.69) is 32.1 Å². The number of hydrogen-bond acceptors (Lipinski definition) is 5. The highest BCUT2D eigenvalue weighted by atomic mass is 35.5. The van der Waals surface area contributed by atoms with E-state index in [9.17, 15) is 14.0 Å². The highest BCUT2D eigenvalue weighted by Gasteiger charge is 2.36. The van der Waals surface area contributed by atoms with Crippen LogP contribution in [0.4, 0.5) is 4.39 Å². The minimum Gasteiger partial charge on any atom is -0.478 e. The van der Waals surface area contributed by atoms with E-state index >= 15 is 0 Å². The molecule has 2 aromatic carbocycles. The molecule has 39 heavy (non-hydrogen) atoms. The van der Waals surface area contributed by atoms with E-state index in [1.54, 1.807) is 12.1 Å². The van der Waals surface area contributed by atoms with Crippen LogP contribution >= 0.6 is 23.8 Å². The van der Waals surface area contributed by atoms with Gasteiger partial charge in [0.05, 0.1) is 0 Å². The van der Waals surface area contributed by atoms with Gasteiger partial charge in [0.1, 0.15) is 5.82 Å². The number of hydrogen-bond donors (Lipinski definition) is 3. The average Bonchev–Trinajstić information content (AvgIpc) is 3.50. The number of carboxylic acid groups (broad SMARTS) is 2. The number of nitrogens with zero attached hydrogens (tertiary/aromatic N) is 3. The van der Waals surface area contributed by atoms with Gasteiger partial charge in [-0.25, -0.2) is 14.0 Å². The first kappa shape index (κ1) is 28.9. The number of thiocarbonyl (C=S) groups is 1. The summed E-state index contributed by atoms with van der Waals surface area (Å²) in [6.45, 7) is 8.33. The fourth-order valence-electron chi connectivity index (χ4n) is 5.41. The summed E-state index contributed by atoms with van der Waals surface area (Å²) in [5, 5.41) is 20.5. The van der Waals surface area contributed by atoms with E-state index in [0.29, 0.717) is 18.2 Å². The third-order valence-electron chi connectivity index (χ3n) is 7.36. The van der Waals surface area contributed by atoms with E-state index in [4.69, 9.17) is 34.0 Å². The number of carboxylic acids is 2. The van der Waals surface area contributed by atoms with Crippen LogP contribution in [0.5, 0.6) is 0 Å². The zero-order valence-electron chi connectivity index (χ0n) is 21.4. The van der Waals surface area contributed by atoms with Crippen LogP contribution in [0, 0.1) is 5.82 Å². The van der Waals surface area contributed by atoms with Crippen LogP contribution in [0.1, 0.15) is 35.1 Å². The predicted molar refractivity (Wildman–Crippen MR) is 152 cm³/mol. The molecular weight excluding hydrogens is 543 g/mol. The number of nitrogens with one attached hydrogen (secondary N) is 1. The van der Waals surface area contributed by atoms with Crippen molar-refractivity contribution in [1.82, 2.24) is 20.0 Å². The summed E-state index contributed by atoms with van der Waals surface area (Å²) >= 11 is 11.7. The normalized spacial score (nSPS) is 21.4. The van der Waals surface area contributed by atoms with Crippen LogP contribution in [0.25, 0.3) is 0 Å². The fourth-order valence-corrected chi connectivity index (χ4v) is 5.88. The Bertz CT molecular complexity index is 1200. The fraction of sp³-hybridized carbons (Fsp3) is 0.393. The molecule has 2 aliphatic heterocycles. The predicted octanol–water partition coefficient (Wildman–Crippen LogP) is 3.58. The van der Waals surface area contributed by atoms with Crippen LogP contribution < -0.4 is 5.32 Å². The van der Waals surface area contributed by atoms with E-state index in [-0.39, 0.29) is 11.7 Å². The Labute approximate surface area is 237 Å². The second-order valence-corrected chi connectivity index (χ2v) is 10.6. The van der Waals surface area contributed by atoms with E-state index in [1.807, 2.05) is 18.2 Å². The molecule has 2 saturated heterocycles. The summed E-state index contributed by atoms with van der Waals surface area (Å²) in [6.07, 6.45) is 2.14. The van der Waals surface area contributed by atoms with Crippen molar-refractivity contribution >= 4 is 40.9 Å². The Balaban J connectivity index is 0.000000386. The van der Waals surface area contributed by atoms with Gasteiger partial charge in [0, 0.05) is 81.5 Å². The van der Waals surface area contributed by atoms with Gasteiger partial charge in [-0.3, -0.25) is 9.80 Å². The van der Waals surface area contributed by atoms with Crippen LogP contribution in [-0.4, -0.2) is 94.3 Å². The average molecular weight is 575 g/mol. The molecule has 0 aromatic heterocycles. The maximum atomic E-state index is 13.5.